The van der Waals surface area contributed by atoms with E-state index in [4.69, 9.17) is 4.98 Å². The van der Waals surface area contributed by atoms with Crippen LogP contribution in [0.25, 0.3) is 20.6 Å². The van der Waals surface area contributed by atoms with Gasteiger partial charge in [-0.25, -0.2) is 4.98 Å². The van der Waals surface area contributed by atoms with E-state index in [1.807, 2.05) is 6.07 Å². The van der Waals surface area contributed by atoms with E-state index in [1.54, 1.807) is 45.8 Å². The molecule has 0 aliphatic rings. The Morgan fingerprint density at radius 3 is 2.54 bits per heavy atom. The average Bonchev–Trinajstić information content (AvgIpc) is 3.40. The van der Waals surface area contributed by atoms with Gasteiger partial charge in [-0.05, 0) is 29.8 Å². The average molecular weight is 391 g/mol. The summed E-state index contributed by atoms with van der Waals surface area (Å²) >= 11 is 6.82. The first kappa shape index (κ1) is 16.0. The number of nitrogens with zero attached hydrogens (tertiary/aromatic N) is 4. The Balaban J connectivity index is 1.50. The third-order valence-corrected chi connectivity index (χ3v) is 7.20. The standard InChI is InChI=1S/C16H14N4S4/c1-2-20-14(12-5-3-7-21-12)18-19-16(20)24-10-11-9-23-15(17-11)13-6-4-8-22-13/h3-9H,2,10H2,1H3. The molecule has 0 N–H and O–H groups in total. The molecule has 122 valence electrons. The van der Waals surface area contributed by atoms with E-state index in [-0.39, 0.29) is 0 Å². The lowest BCUT2D eigenvalue weighted by atomic mass is 10.4. The van der Waals surface area contributed by atoms with Gasteiger partial charge in [-0.1, -0.05) is 23.9 Å². The molecule has 0 aromatic carbocycles. The van der Waals surface area contributed by atoms with Gasteiger partial charge < -0.3 is 4.57 Å². The van der Waals surface area contributed by atoms with Gasteiger partial charge >= 0.3 is 0 Å². The third kappa shape index (κ3) is 3.19. The Morgan fingerprint density at radius 1 is 1.04 bits per heavy atom. The number of hydrogen-bond donors (Lipinski definition) is 0. The lowest BCUT2D eigenvalue weighted by Gasteiger charge is -2.05. The normalized spacial score (nSPS) is 11.2. The van der Waals surface area contributed by atoms with Crippen LogP contribution in [0.15, 0.2) is 45.6 Å². The number of thiophene rings is 2. The first-order chi connectivity index (χ1) is 11.8. The highest BCUT2D eigenvalue weighted by Gasteiger charge is 2.14. The van der Waals surface area contributed by atoms with E-state index in [9.17, 15) is 0 Å². The van der Waals surface area contributed by atoms with Gasteiger partial charge in [0.15, 0.2) is 11.0 Å². The largest absolute Gasteiger partial charge is 0.302 e. The van der Waals surface area contributed by atoms with Gasteiger partial charge in [0.2, 0.25) is 0 Å². The molecule has 8 heteroatoms. The van der Waals surface area contributed by atoms with Crippen LogP contribution in [0.2, 0.25) is 0 Å². The number of rotatable bonds is 6. The molecule has 0 aliphatic carbocycles. The Kier molecular flexibility index (Phi) is 4.79. The third-order valence-electron chi connectivity index (χ3n) is 3.41. The predicted molar refractivity (Wildman–Crippen MR) is 104 cm³/mol. The summed E-state index contributed by atoms with van der Waals surface area (Å²) in [6.07, 6.45) is 0. The lowest BCUT2D eigenvalue weighted by molar-refractivity contribution is 0.688. The zero-order valence-electron chi connectivity index (χ0n) is 12.9. The van der Waals surface area contributed by atoms with Crippen LogP contribution >= 0.6 is 45.8 Å². The minimum Gasteiger partial charge on any atom is -0.302 e. The maximum atomic E-state index is 4.73. The van der Waals surface area contributed by atoms with Crippen molar-refractivity contribution >= 4 is 45.8 Å². The minimum absolute atomic E-state index is 0.810. The van der Waals surface area contributed by atoms with E-state index < -0.39 is 0 Å². The molecule has 4 nitrogen and oxygen atoms in total. The summed E-state index contributed by atoms with van der Waals surface area (Å²) in [5.74, 6) is 1.76. The first-order valence-electron chi connectivity index (χ1n) is 7.43. The fourth-order valence-corrected chi connectivity index (χ4v) is 5.65. The summed E-state index contributed by atoms with van der Waals surface area (Å²) in [5.41, 5.74) is 1.09. The quantitative estimate of drug-likeness (QED) is 0.408. The van der Waals surface area contributed by atoms with Gasteiger partial charge in [0.05, 0.1) is 15.4 Å². The molecular formula is C16H14N4S4. The zero-order valence-corrected chi connectivity index (χ0v) is 16.1. The highest BCUT2D eigenvalue weighted by atomic mass is 32.2. The van der Waals surface area contributed by atoms with Gasteiger partial charge in [-0.15, -0.1) is 44.2 Å². The Morgan fingerprint density at radius 2 is 1.83 bits per heavy atom. The smallest absolute Gasteiger partial charge is 0.191 e. The molecule has 0 fully saturated rings. The molecule has 0 spiro atoms. The number of thioether (sulfide) groups is 1. The number of aromatic nitrogens is 4. The molecule has 0 atom stereocenters. The van der Waals surface area contributed by atoms with Gasteiger partial charge in [-0.3, -0.25) is 0 Å². The monoisotopic (exact) mass is 390 g/mol. The fourth-order valence-electron chi connectivity index (χ4n) is 2.29. The predicted octanol–water partition coefficient (Wildman–Crippen LogP) is 5.50. The molecule has 0 saturated carbocycles. The zero-order chi connectivity index (χ0) is 16.4. The van der Waals surface area contributed by atoms with E-state index in [2.05, 4.69) is 56.0 Å². The van der Waals surface area contributed by atoms with Crippen LogP contribution in [0, 0.1) is 0 Å². The van der Waals surface area contributed by atoms with E-state index in [1.165, 1.54) is 4.88 Å². The van der Waals surface area contributed by atoms with E-state index in [0.29, 0.717) is 0 Å². The number of thiazole rings is 1. The van der Waals surface area contributed by atoms with Crippen LogP contribution in [0.3, 0.4) is 0 Å². The van der Waals surface area contributed by atoms with Crippen molar-refractivity contribution in [3.05, 3.63) is 46.1 Å². The van der Waals surface area contributed by atoms with Crippen LogP contribution in [-0.2, 0) is 12.3 Å². The second-order valence-corrected chi connectivity index (χ2v) is 8.63. The molecule has 4 aromatic heterocycles. The van der Waals surface area contributed by atoms with Gasteiger partial charge in [0.1, 0.15) is 5.01 Å². The summed E-state index contributed by atoms with van der Waals surface area (Å²) in [6.45, 7) is 2.99. The summed E-state index contributed by atoms with van der Waals surface area (Å²) in [5, 5.41) is 17.1. The molecule has 4 heterocycles. The van der Waals surface area contributed by atoms with Gasteiger partial charge in [-0.2, -0.15) is 0 Å². The molecule has 0 unspecified atom stereocenters. The molecule has 0 radical (unpaired) electrons. The molecule has 0 aliphatic heterocycles. The summed E-state index contributed by atoms with van der Waals surface area (Å²) in [6, 6.07) is 8.30. The fraction of sp³-hybridized carbons (Fsp3) is 0.188. The highest BCUT2D eigenvalue weighted by molar-refractivity contribution is 7.98. The van der Waals surface area contributed by atoms with Crippen molar-refractivity contribution in [2.75, 3.05) is 0 Å². The Labute approximate surface area is 156 Å². The summed E-state index contributed by atoms with van der Waals surface area (Å²) in [4.78, 5) is 7.12. The van der Waals surface area contributed by atoms with Crippen molar-refractivity contribution in [2.24, 2.45) is 0 Å². The maximum Gasteiger partial charge on any atom is 0.191 e. The van der Waals surface area contributed by atoms with Crippen LogP contribution in [0.4, 0.5) is 0 Å². The van der Waals surface area contributed by atoms with Crippen molar-refractivity contribution in [3.63, 3.8) is 0 Å². The molecule has 0 amide bonds. The Hall–Kier alpha value is -1.48. The van der Waals surface area contributed by atoms with Crippen molar-refractivity contribution in [1.82, 2.24) is 19.7 Å². The molecular weight excluding hydrogens is 376 g/mol. The van der Waals surface area contributed by atoms with Crippen molar-refractivity contribution < 1.29 is 0 Å². The molecule has 0 saturated heterocycles. The Bertz CT molecular complexity index is 906. The highest BCUT2D eigenvalue weighted by Crippen LogP contribution is 2.31. The molecule has 24 heavy (non-hydrogen) atoms. The van der Waals surface area contributed by atoms with E-state index in [0.717, 1.165) is 38.9 Å². The van der Waals surface area contributed by atoms with E-state index >= 15 is 0 Å². The molecule has 4 aromatic rings. The summed E-state index contributed by atoms with van der Waals surface area (Å²) in [7, 11) is 0. The van der Waals surface area contributed by atoms with Crippen LogP contribution in [0.5, 0.6) is 0 Å². The lowest BCUT2D eigenvalue weighted by Crippen LogP contribution is -1.99. The van der Waals surface area contributed by atoms with Crippen LogP contribution in [0.1, 0.15) is 12.6 Å². The van der Waals surface area contributed by atoms with Crippen molar-refractivity contribution in [1.29, 1.82) is 0 Å². The van der Waals surface area contributed by atoms with Crippen LogP contribution < -0.4 is 0 Å². The number of hydrogen-bond acceptors (Lipinski definition) is 7. The topological polar surface area (TPSA) is 43.6 Å². The minimum atomic E-state index is 0.810. The van der Waals surface area contributed by atoms with Crippen LogP contribution in [-0.4, -0.2) is 19.7 Å². The van der Waals surface area contributed by atoms with Gasteiger partial charge in [0.25, 0.3) is 0 Å². The maximum absolute atomic E-state index is 4.73. The van der Waals surface area contributed by atoms with Crippen molar-refractivity contribution in [3.8, 4) is 20.6 Å². The van der Waals surface area contributed by atoms with Gasteiger partial charge in [0, 0.05) is 17.7 Å². The summed E-state index contributed by atoms with van der Waals surface area (Å²) < 4.78 is 2.17. The second-order valence-electron chi connectivity index (χ2n) is 4.94. The second kappa shape index (κ2) is 7.18. The van der Waals surface area contributed by atoms with Crippen molar-refractivity contribution in [2.45, 2.75) is 24.4 Å². The first-order valence-corrected chi connectivity index (χ1v) is 11.1. The molecule has 4 rings (SSSR count). The molecule has 0 bridgehead atoms. The SMILES string of the molecule is CCn1c(SCc2csc(-c3cccs3)n2)nnc1-c1cccs1.